The maximum atomic E-state index is 13.3. The molecule has 2 aliphatic rings. The van der Waals surface area contributed by atoms with Crippen LogP contribution in [0.15, 0.2) is 57.1 Å². The third-order valence-electron chi connectivity index (χ3n) is 5.26. The van der Waals surface area contributed by atoms with Crippen LogP contribution in [0.5, 0.6) is 5.75 Å². The highest BCUT2D eigenvalue weighted by molar-refractivity contribution is 7.07. The van der Waals surface area contributed by atoms with E-state index in [0.29, 0.717) is 15.1 Å². The van der Waals surface area contributed by atoms with E-state index in [1.54, 1.807) is 43.1 Å². The summed E-state index contributed by atoms with van der Waals surface area (Å²) in [6.07, 6.45) is 4.88. The Morgan fingerprint density at radius 3 is 2.97 bits per heavy atom. The SMILES string of the molecule is CCOC(=O)[C@@H]1[C@H]2c3ccccc3O[C@@]1(C)N=c1s/c(=C/c3ccoc3)c(=O)n12. The van der Waals surface area contributed by atoms with Crippen molar-refractivity contribution in [2.45, 2.75) is 25.6 Å². The molecule has 4 heterocycles. The number of aromatic nitrogens is 1. The van der Waals surface area contributed by atoms with Crippen LogP contribution < -0.4 is 19.6 Å². The van der Waals surface area contributed by atoms with Crippen LogP contribution in [0.2, 0.25) is 0 Å². The first-order valence-corrected chi connectivity index (χ1v) is 10.1. The molecule has 0 N–H and O–H groups in total. The lowest BCUT2D eigenvalue weighted by Crippen LogP contribution is -2.58. The number of esters is 1. The highest BCUT2D eigenvalue weighted by Crippen LogP contribution is 2.47. The maximum Gasteiger partial charge on any atom is 0.317 e. The zero-order valence-electron chi connectivity index (χ0n) is 15.8. The molecule has 2 aliphatic heterocycles. The molecule has 0 spiro atoms. The fourth-order valence-corrected chi connectivity index (χ4v) is 5.14. The molecule has 0 radical (unpaired) electrons. The highest BCUT2D eigenvalue weighted by atomic mass is 32.1. The maximum absolute atomic E-state index is 13.3. The first-order valence-electron chi connectivity index (χ1n) is 9.31. The first kappa shape index (κ1) is 17.9. The van der Waals surface area contributed by atoms with E-state index >= 15 is 0 Å². The van der Waals surface area contributed by atoms with Gasteiger partial charge in [0.15, 0.2) is 4.80 Å². The summed E-state index contributed by atoms with van der Waals surface area (Å²) in [5, 5.41) is 0. The number of ether oxygens (including phenoxy) is 2. The largest absolute Gasteiger partial charge is 0.472 e. The Labute approximate surface area is 169 Å². The van der Waals surface area contributed by atoms with Crippen molar-refractivity contribution in [3.63, 3.8) is 0 Å². The Balaban J connectivity index is 1.80. The number of carbonyl (C=O) groups excluding carboxylic acids is 1. The van der Waals surface area contributed by atoms with E-state index in [0.717, 1.165) is 11.1 Å². The van der Waals surface area contributed by atoms with Gasteiger partial charge in [-0.05, 0) is 32.1 Å². The van der Waals surface area contributed by atoms with Crippen LogP contribution in [-0.2, 0) is 9.53 Å². The second-order valence-electron chi connectivity index (χ2n) is 7.11. The van der Waals surface area contributed by atoms with Crippen LogP contribution in [0.3, 0.4) is 0 Å². The van der Waals surface area contributed by atoms with Crippen molar-refractivity contribution in [1.29, 1.82) is 0 Å². The molecule has 8 heteroatoms. The van der Waals surface area contributed by atoms with E-state index in [2.05, 4.69) is 0 Å². The van der Waals surface area contributed by atoms with Crippen LogP contribution in [-0.4, -0.2) is 22.9 Å². The minimum absolute atomic E-state index is 0.201. The Morgan fingerprint density at radius 1 is 1.38 bits per heavy atom. The molecule has 0 fully saturated rings. The summed E-state index contributed by atoms with van der Waals surface area (Å²) in [5.41, 5.74) is 0.200. The van der Waals surface area contributed by atoms with Crippen molar-refractivity contribution in [2.75, 3.05) is 6.61 Å². The van der Waals surface area contributed by atoms with Gasteiger partial charge in [-0.2, -0.15) is 0 Å². The average molecular weight is 410 g/mol. The average Bonchev–Trinajstić information content (AvgIpc) is 3.29. The van der Waals surface area contributed by atoms with Gasteiger partial charge in [0.1, 0.15) is 11.7 Å². The van der Waals surface area contributed by atoms with Crippen LogP contribution in [0, 0.1) is 5.92 Å². The minimum atomic E-state index is -1.16. The van der Waals surface area contributed by atoms with Gasteiger partial charge in [0.25, 0.3) is 5.56 Å². The molecule has 0 saturated heterocycles. The van der Waals surface area contributed by atoms with Gasteiger partial charge in [0.05, 0.1) is 29.7 Å². The van der Waals surface area contributed by atoms with Crippen molar-refractivity contribution in [1.82, 2.24) is 4.57 Å². The first-order chi connectivity index (χ1) is 14.0. The summed E-state index contributed by atoms with van der Waals surface area (Å²) in [5.74, 6) is -0.574. The number of hydrogen-bond acceptors (Lipinski definition) is 7. The topological polar surface area (TPSA) is 83.0 Å². The molecular weight excluding hydrogens is 392 g/mol. The third kappa shape index (κ3) is 2.66. The van der Waals surface area contributed by atoms with Gasteiger partial charge in [-0.1, -0.05) is 29.5 Å². The Kier molecular flexibility index (Phi) is 3.99. The summed E-state index contributed by atoms with van der Waals surface area (Å²) < 4.78 is 18.7. The van der Waals surface area contributed by atoms with Crippen LogP contribution in [0.1, 0.15) is 31.0 Å². The van der Waals surface area contributed by atoms with Gasteiger partial charge < -0.3 is 13.9 Å². The van der Waals surface area contributed by atoms with E-state index in [9.17, 15) is 9.59 Å². The molecule has 7 nitrogen and oxygen atoms in total. The molecule has 148 valence electrons. The molecule has 29 heavy (non-hydrogen) atoms. The second kappa shape index (κ2) is 6.45. The molecular formula is C21H18N2O5S. The number of rotatable bonds is 3. The number of nitrogens with zero attached hydrogens (tertiary/aromatic N) is 2. The molecule has 0 saturated carbocycles. The molecule has 5 rings (SSSR count). The summed E-state index contributed by atoms with van der Waals surface area (Å²) in [7, 11) is 0. The number of furan rings is 1. The van der Waals surface area contributed by atoms with Gasteiger partial charge >= 0.3 is 5.97 Å². The summed E-state index contributed by atoms with van der Waals surface area (Å²) in [6.45, 7) is 3.76. The number of hydrogen-bond donors (Lipinski definition) is 0. The molecule has 2 aromatic heterocycles. The van der Waals surface area contributed by atoms with E-state index in [1.165, 1.54) is 11.3 Å². The molecule has 2 bridgehead atoms. The highest BCUT2D eigenvalue weighted by Gasteiger charge is 2.55. The fraction of sp³-hybridized carbons (Fsp3) is 0.286. The minimum Gasteiger partial charge on any atom is -0.472 e. The Hall–Kier alpha value is -3.13. The Bertz CT molecular complexity index is 1270. The summed E-state index contributed by atoms with van der Waals surface area (Å²) >= 11 is 1.27. The molecule has 3 aromatic rings. The summed E-state index contributed by atoms with van der Waals surface area (Å²) in [4.78, 5) is 31.5. The van der Waals surface area contributed by atoms with Crippen molar-refractivity contribution in [3.05, 3.63) is 73.7 Å². The zero-order chi connectivity index (χ0) is 20.2. The predicted molar refractivity (Wildman–Crippen MR) is 105 cm³/mol. The van der Waals surface area contributed by atoms with E-state index < -0.39 is 23.7 Å². The smallest absolute Gasteiger partial charge is 0.317 e. The second-order valence-corrected chi connectivity index (χ2v) is 8.12. The molecule has 1 aromatic carbocycles. The number of benzene rings is 1. The third-order valence-corrected chi connectivity index (χ3v) is 6.24. The van der Waals surface area contributed by atoms with Crippen molar-refractivity contribution >= 4 is 23.4 Å². The zero-order valence-corrected chi connectivity index (χ0v) is 16.6. The standard InChI is InChI=1S/C21H18N2O5S/c1-3-27-19(25)16-17-13-6-4-5-7-14(13)28-21(16,2)22-20-23(17)18(24)15(29-20)10-12-8-9-26-11-12/h4-11,16-17H,3H2,1-2H3/b15-10+/t16-,17+,21+/m0/s1. The lowest BCUT2D eigenvalue weighted by Gasteiger charge is -2.44. The van der Waals surface area contributed by atoms with Gasteiger partial charge in [-0.25, -0.2) is 4.99 Å². The number of fused-ring (bicyclic) bond motifs is 6. The molecule has 0 amide bonds. The van der Waals surface area contributed by atoms with E-state index in [1.807, 2.05) is 24.3 Å². The van der Waals surface area contributed by atoms with Crippen LogP contribution in [0.25, 0.3) is 6.08 Å². The predicted octanol–water partition coefficient (Wildman–Crippen LogP) is 1.84. The van der Waals surface area contributed by atoms with Crippen LogP contribution in [0.4, 0.5) is 0 Å². The van der Waals surface area contributed by atoms with Gasteiger partial charge in [-0.15, -0.1) is 0 Å². The molecule has 0 aliphatic carbocycles. The quantitative estimate of drug-likeness (QED) is 0.616. The number of thiazole rings is 1. The van der Waals surface area contributed by atoms with Gasteiger partial charge in [0, 0.05) is 11.1 Å². The van der Waals surface area contributed by atoms with Crippen molar-refractivity contribution in [3.8, 4) is 5.75 Å². The van der Waals surface area contributed by atoms with Crippen molar-refractivity contribution < 1.29 is 18.7 Å². The van der Waals surface area contributed by atoms with Crippen molar-refractivity contribution in [2.24, 2.45) is 10.9 Å². The lowest BCUT2D eigenvalue weighted by atomic mass is 9.81. The number of carbonyl (C=O) groups is 1. The molecule has 0 unspecified atom stereocenters. The fourth-order valence-electron chi connectivity index (χ4n) is 4.04. The monoisotopic (exact) mass is 410 g/mol. The van der Waals surface area contributed by atoms with E-state index in [4.69, 9.17) is 18.9 Å². The van der Waals surface area contributed by atoms with Gasteiger partial charge in [0.2, 0.25) is 5.72 Å². The number of para-hydroxylation sites is 1. The van der Waals surface area contributed by atoms with E-state index in [-0.39, 0.29) is 12.2 Å². The van der Waals surface area contributed by atoms with Gasteiger partial charge in [-0.3, -0.25) is 14.2 Å². The van der Waals surface area contributed by atoms with Crippen LogP contribution >= 0.6 is 11.3 Å². The normalized spacial score (nSPS) is 24.8. The summed E-state index contributed by atoms with van der Waals surface area (Å²) in [6, 6.07) is 8.67. The Morgan fingerprint density at radius 2 is 2.21 bits per heavy atom. The lowest BCUT2D eigenvalue weighted by molar-refractivity contribution is -0.160. The molecule has 3 atom stereocenters.